The second-order valence-corrected chi connectivity index (χ2v) is 3.91. The van der Waals surface area contributed by atoms with Crippen molar-refractivity contribution < 1.29 is 14.6 Å². The molecule has 1 heterocycles. The number of carbonyl (C=O) groups excluding carboxylic acids is 1. The van der Waals surface area contributed by atoms with Gasteiger partial charge in [0, 0.05) is 26.2 Å². The smallest absolute Gasteiger partial charge is 0.410 e. The third-order valence-electron chi connectivity index (χ3n) is 2.69. The summed E-state index contributed by atoms with van der Waals surface area (Å²) in [5.74, 6) is 0.505. The molecule has 0 atom stereocenters. The van der Waals surface area contributed by atoms with Gasteiger partial charge >= 0.3 is 6.09 Å². The maximum absolute atomic E-state index is 11.7. The van der Waals surface area contributed by atoms with Gasteiger partial charge in [-0.05, 0) is 17.7 Å². The van der Waals surface area contributed by atoms with Crippen molar-refractivity contribution in [3.8, 4) is 5.75 Å². The van der Waals surface area contributed by atoms with Gasteiger partial charge in [0.1, 0.15) is 5.75 Å². The van der Waals surface area contributed by atoms with Gasteiger partial charge in [-0.15, -0.1) is 0 Å². The third-order valence-corrected chi connectivity index (χ3v) is 2.69. The van der Waals surface area contributed by atoms with Crippen molar-refractivity contribution >= 4 is 6.09 Å². The van der Waals surface area contributed by atoms with Crippen LogP contribution in [0.2, 0.25) is 0 Å². The minimum Gasteiger partial charge on any atom is -0.410 e. The lowest BCUT2D eigenvalue weighted by Gasteiger charge is -2.26. The summed E-state index contributed by atoms with van der Waals surface area (Å²) < 4.78 is 5.23. The van der Waals surface area contributed by atoms with E-state index in [0.29, 0.717) is 18.8 Å². The summed E-state index contributed by atoms with van der Waals surface area (Å²) in [5.41, 5.74) is 0.798. The molecule has 0 unspecified atom stereocenters. The minimum atomic E-state index is -0.316. The fourth-order valence-corrected chi connectivity index (χ4v) is 1.68. The number of ether oxygens (including phenoxy) is 1. The Kier molecular flexibility index (Phi) is 3.95. The number of benzene rings is 1. The zero-order valence-electron chi connectivity index (χ0n) is 9.56. The van der Waals surface area contributed by atoms with Crippen LogP contribution in [0.25, 0.3) is 0 Å². The van der Waals surface area contributed by atoms with Crippen LogP contribution in [0.4, 0.5) is 4.79 Å². The van der Waals surface area contributed by atoms with Crippen LogP contribution in [0.1, 0.15) is 5.56 Å². The molecule has 5 nitrogen and oxygen atoms in total. The summed E-state index contributed by atoms with van der Waals surface area (Å²) in [5, 5.41) is 12.1. The maximum Gasteiger partial charge on any atom is 0.415 e. The lowest BCUT2D eigenvalue weighted by atomic mass is 10.2. The predicted molar refractivity (Wildman–Crippen MR) is 62.8 cm³/mol. The number of piperazine rings is 1. The topological polar surface area (TPSA) is 61.8 Å². The van der Waals surface area contributed by atoms with Crippen LogP contribution in [-0.4, -0.2) is 42.3 Å². The van der Waals surface area contributed by atoms with Crippen LogP contribution >= 0.6 is 0 Å². The Bertz CT molecular complexity index is 372. The molecule has 1 aliphatic heterocycles. The zero-order chi connectivity index (χ0) is 12.1. The predicted octanol–water partition coefficient (Wildman–Crippen LogP) is 0.583. The molecule has 1 saturated heterocycles. The van der Waals surface area contributed by atoms with Gasteiger partial charge in [-0.1, -0.05) is 12.1 Å². The van der Waals surface area contributed by atoms with Gasteiger partial charge in [-0.3, -0.25) is 0 Å². The molecule has 2 N–H and O–H groups in total. The quantitative estimate of drug-likeness (QED) is 0.788. The largest absolute Gasteiger partial charge is 0.415 e. The first-order chi connectivity index (χ1) is 8.29. The highest BCUT2D eigenvalue weighted by Crippen LogP contribution is 2.13. The molecular formula is C12H16N2O3. The van der Waals surface area contributed by atoms with Crippen molar-refractivity contribution in [2.24, 2.45) is 0 Å². The summed E-state index contributed by atoms with van der Waals surface area (Å²) in [6.45, 7) is 2.95. The molecule has 92 valence electrons. The van der Waals surface area contributed by atoms with Crippen molar-refractivity contribution in [1.29, 1.82) is 0 Å². The van der Waals surface area contributed by atoms with E-state index in [2.05, 4.69) is 5.32 Å². The van der Waals surface area contributed by atoms with E-state index in [0.717, 1.165) is 18.7 Å². The van der Waals surface area contributed by atoms with Crippen molar-refractivity contribution in [2.75, 3.05) is 26.2 Å². The normalized spacial score (nSPS) is 15.7. The number of amides is 1. The molecule has 0 saturated carbocycles. The van der Waals surface area contributed by atoms with Crippen LogP contribution in [0.5, 0.6) is 5.75 Å². The van der Waals surface area contributed by atoms with E-state index in [1.165, 1.54) is 0 Å². The summed E-state index contributed by atoms with van der Waals surface area (Å²) in [7, 11) is 0. The number of hydrogen-bond acceptors (Lipinski definition) is 4. The molecular weight excluding hydrogens is 220 g/mol. The molecule has 17 heavy (non-hydrogen) atoms. The molecule has 1 aliphatic rings. The fourth-order valence-electron chi connectivity index (χ4n) is 1.68. The maximum atomic E-state index is 11.7. The molecule has 0 spiro atoms. The monoisotopic (exact) mass is 236 g/mol. The van der Waals surface area contributed by atoms with Gasteiger partial charge in [0.05, 0.1) is 6.61 Å². The van der Waals surface area contributed by atoms with Crippen molar-refractivity contribution in [3.05, 3.63) is 29.8 Å². The zero-order valence-corrected chi connectivity index (χ0v) is 9.56. The second-order valence-electron chi connectivity index (χ2n) is 3.91. The van der Waals surface area contributed by atoms with E-state index in [4.69, 9.17) is 9.84 Å². The minimum absolute atomic E-state index is 0.00792. The number of aliphatic hydroxyl groups excluding tert-OH is 1. The average Bonchev–Trinajstić information content (AvgIpc) is 2.40. The number of aliphatic hydroxyl groups is 1. The molecule has 1 aromatic rings. The summed E-state index contributed by atoms with van der Waals surface area (Å²) in [6.07, 6.45) is -0.316. The van der Waals surface area contributed by atoms with Gasteiger partial charge in [-0.2, -0.15) is 0 Å². The summed E-state index contributed by atoms with van der Waals surface area (Å²) in [6, 6.07) is 6.85. The molecule has 0 bridgehead atoms. The van der Waals surface area contributed by atoms with Crippen LogP contribution in [0, 0.1) is 0 Å². The second kappa shape index (κ2) is 5.65. The molecule has 2 rings (SSSR count). The van der Waals surface area contributed by atoms with E-state index in [-0.39, 0.29) is 12.7 Å². The van der Waals surface area contributed by atoms with Gasteiger partial charge in [-0.25, -0.2) is 4.79 Å². The Labute approximate surface area is 100.0 Å². The Morgan fingerprint density at radius 3 is 2.53 bits per heavy atom. The number of nitrogens with one attached hydrogen (secondary N) is 1. The molecule has 0 radical (unpaired) electrons. The molecule has 0 aromatic heterocycles. The van der Waals surface area contributed by atoms with E-state index < -0.39 is 0 Å². The Balaban J connectivity index is 1.92. The van der Waals surface area contributed by atoms with Crippen LogP contribution < -0.4 is 10.1 Å². The highest BCUT2D eigenvalue weighted by molar-refractivity contribution is 5.70. The number of rotatable bonds is 2. The molecule has 1 fully saturated rings. The molecule has 5 heteroatoms. The van der Waals surface area contributed by atoms with Crippen molar-refractivity contribution in [3.63, 3.8) is 0 Å². The summed E-state index contributed by atoms with van der Waals surface area (Å²) in [4.78, 5) is 13.4. The SMILES string of the molecule is O=C(Oc1ccc(CO)cc1)N1CCNCC1. The third kappa shape index (κ3) is 3.18. The Hall–Kier alpha value is -1.59. The van der Waals surface area contributed by atoms with Crippen LogP contribution in [0.3, 0.4) is 0 Å². The van der Waals surface area contributed by atoms with E-state index in [1.54, 1.807) is 29.2 Å². The number of hydrogen-bond donors (Lipinski definition) is 2. The lowest BCUT2D eigenvalue weighted by molar-refractivity contribution is 0.146. The first-order valence-corrected chi connectivity index (χ1v) is 5.67. The van der Waals surface area contributed by atoms with E-state index in [1.807, 2.05) is 0 Å². The first kappa shape index (κ1) is 11.9. The Morgan fingerprint density at radius 2 is 1.94 bits per heavy atom. The number of carbonyl (C=O) groups is 1. The molecule has 1 aromatic carbocycles. The highest BCUT2D eigenvalue weighted by atomic mass is 16.6. The standard InChI is InChI=1S/C12H16N2O3/c15-9-10-1-3-11(4-2-10)17-12(16)14-7-5-13-6-8-14/h1-4,13,15H,5-9H2. The average molecular weight is 236 g/mol. The fraction of sp³-hybridized carbons (Fsp3) is 0.417. The van der Waals surface area contributed by atoms with Gasteiger partial charge in [0.15, 0.2) is 0 Å². The van der Waals surface area contributed by atoms with Gasteiger partial charge in [0.25, 0.3) is 0 Å². The highest BCUT2D eigenvalue weighted by Gasteiger charge is 2.17. The van der Waals surface area contributed by atoms with Crippen molar-refractivity contribution in [1.82, 2.24) is 10.2 Å². The lowest BCUT2D eigenvalue weighted by Crippen LogP contribution is -2.47. The first-order valence-electron chi connectivity index (χ1n) is 5.67. The molecule has 0 aliphatic carbocycles. The number of nitrogens with zero attached hydrogens (tertiary/aromatic N) is 1. The molecule has 1 amide bonds. The Morgan fingerprint density at radius 1 is 1.29 bits per heavy atom. The summed E-state index contributed by atoms with van der Waals surface area (Å²) >= 11 is 0. The van der Waals surface area contributed by atoms with Crippen LogP contribution in [0.15, 0.2) is 24.3 Å². The van der Waals surface area contributed by atoms with Gasteiger partial charge in [0.2, 0.25) is 0 Å². The van der Waals surface area contributed by atoms with E-state index >= 15 is 0 Å². The van der Waals surface area contributed by atoms with Crippen LogP contribution in [-0.2, 0) is 6.61 Å². The van der Waals surface area contributed by atoms with E-state index in [9.17, 15) is 4.79 Å². The van der Waals surface area contributed by atoms with Crippen molar-refractivity contribution in [2.45, 2.75) is 6.61 Å². The van der Waals surface area contributed by atoms with Gasteiger partial charge < -0.3 is 20.1 Å².